The molecule has 3 aromatic carbocycles. The van der Waals surface area contributed by atoms with Gasteiger partial charge in [0.05, 0.1) is 80.0 Å². The van der Waals surface area contributed by atoms with Gasteiger partial charge in [-0.15, -0.1) is 6.42 Å². The fourth-order valence-corrected chi connectivity index (χ4v) is 12.2. The smallest absolute Gasteiger partial charge is 0.407 e. The van der Waals surface area contributed by atoms with Crippen molar-refractivity contribution >= 4 is 62.3 Å². The molecular weight excluding hydrogens is 1140 g/mol. The second kappa shape index (κ2) is 26.1. The molecule has 7 aromatic rings. The van der Waals surface area contributed by atoms with E-state index in [1.807, 2.05) is 24.1 Å². The maximum absolute atomic E-state index is 17.1. The standard InChI is InChI=1S/C60H64ClF2N11O12/c1-3-40-44(62)14-9-33-5-4-6-41(49(33)40)52-50(63)53-42(25-65-52)57(73-26-35-10-11-36(27-73)66-35)71-58(69-53)85-29-38-23-37(28-72(38)2)74(60(77)78)16-18-79-19-20-80-21-22-81-32-48(76)64-15-17-82-39-12-7-34(8-13-39)51-43(61)24-45-56(68-51)70-59(67-45)86-47-31-84-54-46(75)30-83-55(47)54/h1,4-9,12-14,24-25,35-38,46-47,54-55,66,75H,10-11,15-23,26-32H2,2H3,(H,64,76)(H,77,78)(H,67,68,70)/t35?,36?,37-,38+,46-,47-,54-,55-/m1/s1. The van der Waals surface area contributed by atoms with Crippen LogP contribution in [0.15, 0.2) is 66.9 Å². The molecule has 5 saturated heterocycles. The van der Waals surface area contributed by atoms with Crippen molar-refractivity contribution < 1.29 is 66.5 Å². The Labute approximate surface area is 497 Å². The van der Waals surface area contributed by atoms with E-state index in [1.54, 1.807) is 48.7 Å². The Kier molecular flexibility index (Phi) is 17.9. The number of amides is 2. The van der Waals surface area contributed by atoms with Crippen molar-refractivity contribution in [1.82, 2.24) is 50.3 Å². The van der Waals surface area contributed by atoms with Gasteiger partial charge in [-0.1, -0.05) is 41.8 Å². The normalized spacial score (nSPS) is 22.6. The Morgan fingerprint density at radius 2 is 1.69 bits per heavy atom. The zero-order chi connectivity index (χ0) is 59.4. The summed E-state index contributed by atoms with van der Waals surface area (Å²) < 4.78 is 78.3. The summed E-state index contributed by atoms with van der Waals surface area (Å²) in [5.74, 6) is 1.87. The number of H-pyrrole nitrogens is 1. The third-order valence-electron chi connectivity index (χ3n) is 16.2. The molecule has 86 heavy (non-hydrogen) atoms. The van der Waals surface area contributed by atoms with E-state index < -0.39 is 36.0 Å². The average Bonchev–Trinajstić information content (AvgIpc) is 2.44. The number of hydrogen-bond donors (Lipinski definition) is 5. The van der Waals surface area contributed by atoms with Crippen molar-refractivity contribution in [3.8, 4) is 52.6 Å². The summed E-state index contributed by atoms with van der Waals surface area (Å²) in [5, 5.41) is 28.5. The van der Waals surface area contributed by atoms with E-state index in [2.05, 4.69) is 46.4 Å². The monoisotopic (exact) mass is 1200 g/mol. The summed E-state index contributed by atoms with van der Waals surface area (Å²) in [7, 11) is 1.89. The van der Waals surface area contributed by atoms with Gasteiger partial charge < -0.3 is 73.5 Å². The maximum Gasteiger partial charge on any atom is 0.407 e. The number of imidazole rings is 1. The first-order valence-corrected chi connectivity index (χ1v) is 29.0. The SMILES string of the molecule is C#Cc1c(F)ccc2cccc(-c3ncc4c(N5CC6CCC(C5)N6)nc(OC[C@@H]5C[C@@H](N(CCOCCOCCOCC(=O)NCCOc6ccc(-c7nc8nc(O[C@@H]9CO[C@H]%10[C@@H]9OC[C@H]%10O)[nH]c8cc7Cl)cc6)C(=O)O)CN5C)nc4c3F)c12. The summed E-state index contributed by atoms with van der Waals surface area (Å²) in [5.41, 5.74) is 2.57. The Morgan fingerprint density at radius 1 is 0.907 bits per heavy atom. The molecule has 26 heteroatoms. The quantitative estimate of drug-likeness (QED) is 0.0384. The van der Waals surface area contributed by atoms with E-state index in [1.165, 1.54) is 11.0 Å². The number of ether oxygens (including phenoxy) is 8. The highest BCUT2D eigenvalue weighted by Gasteiger charge is 2.49. The van der Waals surface area contributed by atoms with Crippen molar-refractivity contribution in [3.63, 3.8) is 0 Å². The Balaban J connectivity index is 0.551. The molecule has 9 heterocycles. The van der Waals surface area contributed by atoms with E-state index in [0.29, 0.717) is 81.2 Å². The van der Waals surface area contributed by atoms with Gasteiger partial charge in [-0.3, -0.25) is 14.7 Å². The molecule has 2 bridgehead atoms. The van der Waals surface area contributed by atoms with Crippen molar-refractivity contribution in [3.05, 3.63) is 89.1 Å². The lowest BCUT2D eigenvalue weighted by molar-refractivity contribution is -0.126. The van der Waals surface area contributed by atoms with Crippen LogP contribution in [0.25, 0.3) is 55.4 Å². The number of likely N-dealkylation sites (tertiary alicyclic amines) is 1. The highest BCUT2D eigenvalue weighted by molar-refractivity contribution is 6.33. The van der Waals surface area contributed by atoms with Crippen LogP contribution in [0.4, 0.5) is 19.4 Å². The molecule has 0 saturated carbocycles. The van der Waals surface area contributed by atoms with Gasteiger partial charge in [0.15, 0.2) is 17.6 Å². The van der Waals surface area contributed by atoms with Crippen LogP contribution in [0.5, 0.6) is 17.8 Å². The molecule has 5 fully saturated rings. The Bertz CT molecular complexity index is 3650. The van der Waals surface area contributed by atoms with Gasteiger partial charge in [0.1, 0.15) is 66.7 Å². The molecule has 0 aliphatic carbocycles. The van der Waals surface area contributed by atoms with Gasteiger partial charge in [0.2, 0.25) is 5.91 Å². The second-order valence-corrected chi connectivity index (χ2v) is 22.3. The van der Waals surface area contributed by atoms with Crippen LogP contribution in [0, 0.1) is 24.0 Å². The van der Waals surface area contributed by atoms with Crippen LogP contribution in [0.1, 0.15) is 24.8 Å². The number of fused-ring (bicyclic) bond motifs is 6. The average molecular weight is 1200 g/mol. The molecule has 8 atom stereocenters. The van der Waals surface area contributed by atoms with Gasteiger partial charge >= 0.3 is 12.1 Å². The van der Waals surface area contributed by atoms with Crippen LogP contribution in [-0.2, 0) is 28.5 Å². The molecule has 0 radical (unpaired) electrons. The minimum Gasteiger partial charge on any atom is -0.492 e. The van der Waals surface area contributed by atoms with E-state index in [0.717, 1.165) is 18.4 Å². The number of aromatic amines is 1. The third kappa shape index (κ3) is 12.8. The van der Waals surface area contributed by atoms with Crippen molar-refractivity contribution in [2.45, 2.75) is 67.8 Å². The van der Waals surface area contributed by atoms with Gasteiger partial charge in [0, 0.05) is 73.1 Å². The number of aliphatic hydroxyl groups is 1. The first kappa shape index (κ1) is 58.7. The first-order valence-electron chi connectivity index (χ1n) is 28.6. The number of anilines is 1. The van der Waals surface area contributed by atoms with Gasteiger partial charge in [-0.05, 0) is 68.1 Å². The molecule has 12 rings (SSSR count). The van der Waals surface area contributed by atoms with Crippen LogP contribution in [0.2, 0.25) is 5.02 Å². The molecule has 452 valence electrons. The van der Waals surface area contributed by atoms with Crippen molar-refractivity contribution in [1.29, 1.82) is 0 Å². The Morgan fingerprint density at radius 3 is 2.48 bits per heavy atom. The van der Waals surface area contributed by atoms with E-state index in [-0.39, 0.29) is 144 Å². The zero-order valence-corrected chi connectivity index (χ0v) is 47.7. The number of benzene rings is 3. The van der Waals surface area contributed by atoms with Crippen molar-refractivity contribution in [2.75, 3.05) is 111 Å². The van der Waals surface area contributed by atoms with Crippen LogP contribution >= 0.6 is 11.6 Å². The Hall–Kier alpha value is -7.64. The molecule has 5 aliphatic rings. The van der Waals surface area contributed by atoms with Gasteiger partial charge in [-0.25, -0.2) is 18.6 Å². The second-order valence-electron chi connectivity index (χ2n) is 21.8. The number of carbonyl (C=O) groups excluding carboxylic acids is 1. The molecule has 0 spiro atoms. The number of nitrogens with one attached hydrogen (secondary N) is 3. The van der Waals surface area contributed by atoms with E-state index in [9.17, 15) is 19.8 Å². The predicted octanol–water partition coefficient (Wildman–Crippen LogP) is 5.22. The van der Waals surface area contributed by atoms with Gasteiger partial charge in [0.25, 0.3) is 6.01 Å². The lowest BCUT2D eigenvalue weighted by Gasteiger charge is -2.34. The largest absolute Gasteiger partial charge is 0.492 e. The lowest BCUT2D eigenvalue weighted by atomic mass is 9.96. The first-order chi connectivity index (χ1) is 41.8. The number of likely N-dealkylation sites (N-methyl/N-ethyl adjacent to an activating group) is 1. The number of rotatable bonds is 24. The lowest BCUT2D eigenvalue weighted by Crippen LogP contribution is -2.51. The molecule has 23 nitrogen and oxygen atoms in total. The number of carboxylic acid groups (broad SMARTS) is 1. The number of aromatic nitrogens is 6. The molecule has 5 aliphatic heterocycles. The number of carbonyl (C=O) groups is 2. The van der Waals surface area contributed by atoms with Crippen LogP contribution in [0.3, 0.4) is 0 Å². The van der Waals surface area contributed by atoms with Crippen LogP contribution in [-0.4, -0.2) is 216 Å². The summed E-state index contributed by atoms with van der Waals surface area (Å²) >= 11 is 6.62. The number of pyridine rings is 2. The zero-order valence-electron chi connectivity index (χ0n) is 47.0. The fourth-order valence-electron chi connectivity index (χ4n) is 12.0. The minimum absolute atomic E-state index is 0.00123. The predicted molar refractivity (Wildman–Crippen MR) is 311 cm³/mol. The number of terminal acetylenes is 1. The van der Waals surface area contributed by atoms with E-state index in [4.69, 9.17) is 60.9 Å². The van der Waals surface area contributed by atoms with Gasteiger partial charge in [-0.2, -0.15) is 15.0 Å². The minimum atomic E-state index is -1.08. The summed E-state index contributed by atoms with van der Waals surface area (Å²) in [6.07, 6.45) is 6.79. The summed E-state index contributed by atoms with van der Waals surface area (Å²) in [6, 6.07) is 17.1. The summed E-state index contributed by atoms with van der Waals surface area (Å²) in [6.45, 7) is 3.72. The third-order valence-corrected chi connectivity index (χ3v) is 16.5. The van der Waals surface area contributed by atoms with Crippen molar-refractivity contribution in [2.24, 2.45) is 0 Å². The number of nitrogens with zero attached hydrogens (tertiary/aromatic N) is 8. The number of hydrogen-bond acceptors (Lipinski definition) is 19. The number of aliphatic hydroxyl groups excluding tert-OH is 1. The molecule has 2 unspecified atom stereocenters. The topological polar surface area (TPSA) is 262 Å². The molecule has 4 aromatic heterocycles. The maximum atomic E-state index is 17.1. The fraction of sp³-hybridized carbons (Fsp3) is 0.450. The van der Waals surface area contributed by atoms with E-state index >= 15 is 8.78 Å². The number of piperazine rings is 1. The highest BCUT2D eigenvalue weighted by atomic mass is 35.5. The molecular formula is C60H64ClF2N11O12. The highest BCUT2D eigenvalue weighted by Crippen LogP contribution is 2.39. The van der Waals surface area contributed by atoms with Crippen LogP contribution < -0.4 is 29.7 Å². The molecule has 2 amide bonds. The molecule has 5 N–H and O–H groups in total. The number of halogens is 3. The summed E-state index contributed by atoms with van der Waals surface area (Å²) in [4.78, 5) is 56.7.